The monoisotopic (exact) mass is 300 g/mol. The number of nitrogens with zero attached hydrogens (tertiary/aromatic N) is 2. The first-order valence-corrected chi connectivity index (χ1v) is 6.49. The van der Waals surface area contributed by atoms with Crippen LogP contribution in [0, 0.1) is 20.8 Å². The quantitative estimate of drug-likeness (QED) is 0.934. The second-order valence-corrected chi connectivity index (χ2v) is 5.13. The van der Waals surface area contributed by atoms with Crippen molar-refractivity contribution in [2.45, 2.75) is 33.8 Å². The Bertz CT molecular complexity index is 630. The third kappa shape index (κ3) is 2.43. The minimum Gasteiger partial charge on any atom is -0.391 e. The molecule has 1 aromatic heterocycles. The zero-order valence-electron chi connectivity index (χ0n) is 11.4. The van der Waals surface area contributed by atoms with Gasteiger partial charge in [-0.15, -0.1) is 0 Å². The fourth-order valence-electron chi connectivity index (χ4n) is 2.42. The van der Waals surface area contributed by atoms with E-state index in [1.54, 1.807) is 0 Å². The minimum absolute atomic E-state index is 0.0258. The minimum atomic E-state index is -2.78. The van der Waals surface area contributed by atoms with Gasteiger partial charge in [-0.2, -0.15) is 5.10 Å². The van der Waals surface area contributed by atoms with Crippen molar-refractivity contribution in [2.24, 2.45) is 0 Å². The van der Waals surface area contributed by atoms with Crippen LogP contribution in [0.1, 0.15) is 34.4 Å². The standard InChI is InChI=1S/C14H15ClF2N2O/c1-7-4-8(2)12(9(3)5-7)19-13(15)10(6-20)11(18-19)14(16)17/h4-5,14,20H,6H2,1-3H3. The Kier molecular flexibility index (Phi) is 4.11. The second-order valence-electron chi connectivity index (χ2n) is 4.77. The molecule has 0 saturated carbocycles. The second kappa shape index (κ2) is 5.50. The molecule has 0 spiro atoms. The van der Waals surface area contributed by atoms with Crippen molar-refractivity contribution < 1.29 is 13.9 Å². The van der Waals surface area contributed by atoms with Crippen LogP contribution in [0.2, 0.25) is 5.15 Å². The van der Waals surface area contributed by atoms with E-state index in [0.717, 1.165) is 16.7 Å². The van der Waals surface area contributed by atoms with Gasteiger partial charge in [-0.05, 0) is 31.9 Å². The van der Waals surface area contributed by atoms with Crippen molar-refractivity contribution in [1.29, 1.82) is 0 Å². The normalized spacial score (nSPS) is 11.4. The van der Waals surface area contributed by atoms with E-state index < -0.39 is 18.7 Å². The lowest BCUT2D eigenvalue weighted by Crippen LogP contribution is -2.03. The number of hydrogen-bond donors (Lipinski definition) is 1. The molecule has 0 aliphatic heterocycles. The van der Waals surface area contributed by atoms with Crippen LogP contribution >= 0.6 is 11.6 Å². The van der Waals surface area contributed by atoms with E-state index in [1.165, 1.54) is 4.68 Å². The first-order chi connectivity index (χ1) is 9.36. The molecule has 0 unspecified atom stereocenters. The molecular weight excluding hydrogens is 286 g/mol. The predicted octanol–water partition coefficient (Wildman–Crippen LogP) is 3.88. The Balaban J connectivity index is 2.71. The lowest BCUT2D eigenvalue weighted by Gasteiger charge is -2.12. The highest BCUT2D eigenvalue weighted by Crippen LogP contribution is 2.32. The molecule has 1 heterocycles. The number of aliphatic hydroxyl groups excluding tert-OH is 1. The number of halogens is 3. The summed E-state index contributed by atoms with van der Waals surface area (Å²) >= 11 is 6.10. The third-order valence-electron chi connectivity index (χ3n) is 3.16. The van der Waals surface area contributed by atoms with Gasteiger partial charge in [0.1, 0.15) is 10.8 Å². The van der Waals surface area contributed by atoms with Crippen molar-refractivity contribution >= 4 is 11.6 Å². The van der Waals surface area contributed by atoms with Gasteiger partial charge in [0.05, 0.1) is 12.3 Å². The first-order valence-electron chi connectivity index (χ1n) is 6.11. The van der Waals surface area contributed by atoms with E-state index >= 15 is 0 Å². The van der Waals surface area contributed by atoms with E-state index in [2.05, 4.69) is 5.10 Å². The number of alkyl halides is 2. The topological polar surface area (TPSA) is 38.0 Å². The first kappa shape index (κ1) is 14.9. The number of aryl methyl sites for hydroxylation is 3. The maximum atomic E-state index is 12.9. The van der Waals surface area contributed by atoms with Gasteiger partial charge < -0.3 is 5.11 Å². The Morgan fingerprint density at radius 3 is 2.20 bits per heavy atom. The number of benzene rings is 1. The average Bonchev–Trinajstić information content (AvgIpc) is 2.65. The molecule has 0 radical (unpaired) electrons. The van der Waals surface area contributed by atoms with Gasteiger partial charge in [-0.1, -0.05) is 29.3 Å². The summed E-state index contributed by atoms with van der Waals surface area (Å²) in [5.41, 5.74) is 3.01. The van der Waals surface area contributed by atoms with Gasteiger partial charge in [-0.25, -0.2) is 13.5 Å². The summed E-state index contributed by atoms with van der Waals surface area (Å²) in [5.74, 6) is 0. The van der Waals surface area contributed by atoms with E-state index in [9.17, 15) is 13.9 Å². The zero-order chi connectivity index (χ0) is 15.0. The highest BCUT2D eigenvalue weighted by atomic mass is 35.5. The molecule has 1 N–H and O–H groups in total. The molecule has 0 amide bonds. The Morgan fingerprint density at radius 2 is 1.80 bits per heavy atom. The maximum absolute atomic E-state index is 12.9. The molecule has 2 aromatic rings. The van der Waals surface area contributed by atoms with Crippen molar-refractivity contribution in [3.8, 4) is 5.69 Å². The summed E-state index contributed by atoms with van der Waals surface area (Å²) in [4.78, 5) is 0. The van der Waals surface area contributed by atoms with Crippen LogP contribution in [-0.2, 0) is 6.61 Å². The molecule has 0 aliphatic carbocycles. The van der Waals surface area contributed by atoms with Crippen molar-refractivity contribution in [2.75, 3.05) is 0 Å². The summed E-state index contributed by atoms with van der Waals surface area (Å²) in [6.45, 7) is 5.13. The maximum Gasteiger partial charge on any atom is 0.282 e. The summed E-state index contributed by atoms with van der Waals surface area (Å²) < 4.78 is 27.2. The lowest BCUT2D eigenvalue weighted by molar-refractivity contribution is 0.141. The third-order valence-corrected chi connectivity index (χ3v) is 3.55. The van der Waals surface area contributed by atoms with Crippen LogP contribution < -0.4 is 0 Å². The van der Waals surface area contributed by atoms with Crippen LogP contribution in [0.4, 0.5) is 8.78 Å². The Hall–Kier alpha value is -1.46. The van der Waals surface area contributed by atoms with Crippen LogP contribution in [0.15, 0.2) is 12.1 Å². The van der Waals surface area contributed by atoms with Crippen LogP contribution in [-0.4, -0.2) is 14.9 Å². The fraction of sp³-hybridized carbons (Fsp3) is 0.357. The molecule has 0 atom stereocenters. The average molecular weight is 301 g/mol. The van der Waals surface area contributed by atoms with Gasteiger partial charge in [0.2, 0.25) is 0 Å². The number of rotatable bonds is 3. The highest BCUT2D eigenvalue weighted by molar-refractivity contribution is 6.30. The van der Waals surface area contributed by atoms with E-state index in [1.807, 2.05) is 32.9 Å². The van der Waals surface area contributed by atoms with Gasteiger partial charge in [0.25, 0.3) is 6.43 Å². The molecule has 20 heavy (non-hydrogen) atoms. The molecule has 1 aromatic carbocycles. The summed E-state index contributed by atoms with van der Waals surface area (Å²) in [5, 5.41) is 13.1. The fourth-order valence-corrected chi connectivity index (χ4v) is 2.70. The molecule has 3 nitrogen and oxygen atoms in total. The number of aliphatic hydroxyl groups is 1. The largest absolute Gasteiger partial charge is 0.391 e. The van der Waals surface area contributed by atoms with Crippen LogP contribution in [0.3, 0.4) is 0 Å². The van der Waals surface area contributed by atoms with Gasteiger partial charge >= 0.3 is 0 Å². The number of aromatic nitrogens is 2. The predicted molar refractivity (Wildman–Crippen MR) is 73.7 cm³/mol. The van der Waals surface area contributed by atoms with E-state index in [4.69, 9.17) is 11.6 Å². The molecule has 108 valence electrons. The van der Waals surface area contributed by atoms with Gasteiger partial charge in [-0.3, -0.25) is 0 Å². The van der Waals surface area contributed by atoms with Crippen molar-refractivity contribution in [3.05, 3.63) is 45.2 Å². The zero-order valence-corrected chi connectivity index (χ0v) is 12.2. The molecule has 0 aliphatic rings. The lowest BCUT2D eigenvalue weighted by atomic mass is 10.1. The molecule has 0 saturated heterocycles. The highest BCUT2D eigenvalue weighted by Gasteiger charge is 2.24. The summed E-state index contributed by atoms with van der Waals surface area (Å²) in [6.07, 6.45) is -2.78. The molecular formula is C14H15ClF2N2O. The smallest absolute Gasteiger partial charge is 0.282 e. The van der Waals surface area contributed by atoms with Gasteiger partial charge in [0.15, 0.2) is 0 Å². The van der Waals surface area contributed by atoms with E-state index in [0.29, 0.717) is 5.69 Å². The number of hydrogen-bond acceptors (Lipinski definition) is 2. The van der Waals surface area contributed by atoms with Crippen molar-refractivity contribution in [3.63, 3.8) is 0 Å². The molecule has 0 fully saturated rings. The van der Waals surface area contributed by atoms with E-state index in [-0.39, 0.29) is 10.7 Å². The SMILES string of the molecule is Cc1cc(C)c(-n2nc(C(F)F)c(CO)c2Cl)c(C)c1. The molecule has 6 heteroatoms. The van der Waals surface area contributed by atoms with Crippen molar-refractivity contribution in [1.82, 2.24) is 9.78 Å². The van der Waals surface area contributed by atoms with Crippen LogP contribution in [0.5, 0.6) is 0 Å². The Labute approximate surface area is 120 Å². The van der Waals surface area contributed by atoms with Gasteiger partial charge in [0, 0.05) is 5.56 Å². The molecule has 2 rings (SSSR count). The summed E-state index contributed by atoms with van der Waals surface area (Å²) in [6, 6.07) is 3.86. The van der Waals surface area contributed by atoms with Crippen LogP contribution in [0.25, 0.3) is 5.69 Å². The summed E-state index contributed by atoms with van der Waals surface area (Å²) in [7, 11) is 0. The Morgan fingerprint density at radius 1 is 1.25 bits per heavy atom. The molecule has 0 bridgehead atoms.